The highest BCUT2D eigenvalue weighted by Gasteiger charge is 2.43. The number of rotatable bonds is 7. The van der Waals surface area contributed by atoms with Gasteiger partial charge in [-0.15, -0.1) is 0 Å². The first-order chi connectivity index (χ1) is 14.5. The van der Waals surface area contributed by atoms with Gasteiger partial charge in [0, 0.05) is 25.6 Å². The molecule has 2 aromatic carbocycles. The number of piperidine rings is 1. The minimum absolute atomic E-state index is 0.0231. The van der Waals surface area contributed by atoms with E-state index in [0.29, 0.717) is 13.1 Å². The second kappa shape index (κ2) is 8.96. The number of nitrogens with two attached hydrogens (primary N) is 1. The Hall–Kier alpha value is -2.73. The number of hydrogen-bond acceptors (Lipinski definition) is 3. The Kier molecular flexibility index (Phi) is 6.13. The fourth-order valence-corrected chi connectivity index (χ4v) is 4.44. The highest BCUT2D eigenvalue weighted by atomic mass is 19.1. The summed E-state index contributed by atoms with van der Waals surface area (Å²) in [5, 5.41) is 3.02. The van der Waals surface area contributed by atoms with Crippen molar-refractivity contribution in [1.82, 2.24) is 10.2 Å². The number of carbonyl (C=O) groups excluding carboxylic acids is 2. The van der Waals surface area contributed by atoms with Crippen molar-refractivity contribution >= 4 is 11.8 Å². The quantitative estimate of drug-likeness (QED) is 0.738. The number of amides is 2. The van der Waals surface area contributed by atoms with Crippen molar-refractivity contribution in [2.24, 2.45) is 17.6 Å². The van der Waals surface area contributed by atoms with Crippen LogP contribution < -0.4 is 11.1 Å². The second-order valence-electron chi connectivity index (χ2n) is 8.52. The third-order valence-corrected chi connectivity index (χ3v) is 6.18. The van der Waals surface area contributed by atoms with Gasteiger partial charge >= 0.3 is 0 Å². The van der Waals surface area contributed by atoms with Gasteiger partial charge in [0.05, 0.1) is 5.92 Å². The van der Waals surface area contributed by atoms with E-state index in [1.165, 1.54) is 12.1 Å². The number of halogens is 1. The van der Waals surface area contributed by atoms with E-state index in [2.05, 4.69) is 22.3 Å². The zero-order valence-corrected chi connectivity index (χ0v) is 17.0. The SMILES string of the molecule is NC(=O)C1CCCN(Cc2cccc(CNC(=O)C3CC3c3cccc(F)c3)c2)C1. The summed E-state index contributed by atoms with van der Waals surface area (Å²) in [6.45, 7) is 2.92. The van der Waals surface area contributed by atoms with Crippen LogP contribution in [0.3, 0.4) is 0 Å². The van der Waals surface area contributed by atoms with Crippen LogP contribution in [0, 0.1) is 17.7 Å². The Balaban J connectivity index is 1.28. The lowest BCUT2D eigenvalue weighted by Gasteiger charge is -2.31. The standard InChI is InChI=1S/C24H28FN3O2/c25-20-8-2-6-18(11-20)21-12-22(21)24(30)27-13-16-4-1-5-17(10-16)14-28-9-3-7-19(15-28)23(26)29/h1-2,4-6,8,10-11,19,21-22H,3,7,9,12-15H2,(H2,26,29)(H,27,30). The van der Waals surface area contributed by atoms with Crippen LogP contribution in [0.25, 0.3) is 0 Å². The van der Waals surface area contributed by atoms with Gasteiger partial charge < -0.3 is 11.1 Å². The van der Waals surface area contributed by atoms with Gasteiger partial charge in [-0.3, -0.25) is 14.5 Å². The number of primary amides is 1. The van der Waals surface area contributed by atoms with Gasteiger partial charge in [0.2, 0.25) is 11.8 Å². The van der Waals surface area contributed by atoms with Gasteiger partial charge in [0.1, 0.15) is 5.82 Å². The van der Waals surface area contributed by atoms with Crippen molar-refractivity contribution in [3.05, 3.63) is 71.0 Å². The molecule has 1 aliphatic heterocycles. The van der Waals surface area contributed by atoms with E-state index < -0.39 is 0 Å². The summed E-state index contributed by atoms with van der Waals surface area (Å²) >= 11 is 0. The van der Waals surface area contributed by atoms with Crippen LogP contribution in [0.1, 0.15) is 41.9 Å². The molecule has 0 bridgehead atoms. The van der Waals surface area contributed by atoms with Gasteiger partial charge in [0.25, 0.3) is 0 Å². The number of likely N-dealkylation sites (tertiary alicyclic amines) is 1. The van der Waals surface area contributed by atoms with Crippen LogP contribution in [0.4, 0.5) is 4.39 Å². The number of nitrogens with one attached hydrogen (secondary N) is 1. The number of hydrogen-bond donors (Lipinski definition) is 2. The molecule has 6 heteroatoms. The molecule has 0 aromatic heterocycles. The Morgan fingerprint density at radius 2 is 1.93 bits per heavy atom. The summed E-state index contributed by atoms with van der Waals surface area (Å²) < 4.78 is 13.4. The van der Waals surface area contributed by atoms with Crippen molar-refractivity contribution < 1.29 is 14.0 Å². The lowest BCUT2D eigenvalue weighted by Crippen LogP contribution is -2.40. The molecule has 1 saturated carbocycles. The van der Waals surface area contributed by atoms with Crippen molar-refractivity contribution in [3.8, 4) is 0 Å². The first-order valence-electron chi connectivity index (χ1n) is 10.6. The molecule has 1 saturated heterocycles. The largest absolute Gasteiger partial charge is 0.369 e. The van der Waals surface area contributed by atoms with Crippen LogP contribution in [0.5, 0.6) is 0 Å². The van der Waals surface area contributed by atoms with E-state index >= 15 is 0 Å². The van der Waals surface area contributed by atoms with Gasteiger partial charge in [0.15, 0.2) is 0 Å². The summed E-state index contributed by atoms with van der Waals surface area (Å²) in [4.78, 5) is 26.2. The highest BCUT2D eigenvalue weighted by Crippen LogP contribution is 2.47. The molecule has 2 aliphatic rings. The summed E-state index contributed by atoms with van der Waals surface area (Å²) in [6, 6.07) is 14.7. The fourth-order valence-electron chi connectivity index (χ4n) is 4.44. The molecule has 5 nitrogen and oxygen atoms in total. The van der Waals surface area contributed by atoms with E-state index in [0.717, 1.165) is 49.0 Å². The molecule has 3 N–H and O–H groups in total. The molecule has 30 heavy (non-hydrogen) atoms. The summed E-state index contributed by atoms with van der Waals surface area (Å²) in [5.41, 5.74) is 8.58. The Morgan fingerprint density at radius 3 is 2.73 bits per heavy atom. The molecular formula is C24H28FN3O2. The predicted molar refractivity (Wildman–Crippen MR) is 113 cm³/mol. The van der Waals surface area contributed by atoms with Crippen molar-refractivity contribution in [2.45, 2.75) is 38.3 Å². The smallest absolute Gasteiger partial charge is 0.224 e. The molecule has 2 fully saturated rings. The van der Waals surface area contributed by atoms with Crippen LogP contribution >= 0.6 is 0 Å². The van der Waals surface area contributed by atoms with E-state index in [9.17, 15) is 14.0 Å². The summed E-state index contributed by atoms with van der Waals surface area (Å²) in [7, 11) is 0. The van der Waals surface area contributed by atoms with Crippen LogP contribution in [-0.2, 0) is 22.7 Å². The lowest BCUT2D eigenvalue weighted by molar-refractivity contribution is -0.123. The zero-order chi connectivity index (χ0) is 21.1. The van der Waals surface area contributed by atoms with E-state index in [1.54, 1.807) is 6.07 Å². The minimum Gasteiger partial charge on any atom is -0.369 e. The normalized spacial score (nSPS) is 23.7. The molecule has 0 spiro atoms. The summed E-state index contributed by atoms with van der Waals surface area (Å²) in [6.07, 6.45) is 2.62. The van der Waals surface area contributed by atoms with Crippen molar-refractivity contribution in [2.75, 3.05) is 13.1 Å². The van der Waals surface area contributed by atoms with E-state index in [4.69, 9.17) is 5.73 Å². The molecule has 3 atom stereocenters. The average Bonchev–Trinajstić information content (AvgIpc) is 3.54. The minimum atomic E-state index is -0.258. The van der Waals surface area contributed by atoms with Crippen LogP contribution in [0.2, 0.25) is 0 Å². The second-order valence-corrected chi connectivity index (χ2v) is 8.52. The fraction of sp³-hybridized carbons (Fsp3) is 0.417. The maximum atomic E-state index is 13.4. The zero-order valence-electron chi connectivity index (χ0n) is 17.0. The predicted octanol–water partition coefficient (Wildman–Crippen LogP) is 2.94. The maximum Gasteiger partial charge on any atom is 0.224 e. The number of benzene rings is 2. The van der Waals surface area contributed by atoms with Crippen molar-refractivity contribution in [3.63, 3.8) is 0 Å². The molecule has 0 radical (unpaired) electrons. The Bertz CT molecular complexity index is 932. The lowest BCUT2D eigenvalue weighted by atomic mass is 9.97. The molecule has 3 unspecified atom stereocenters. The van der Waals surface area contributed by atoms with Crippen LogP contribution in [-0.4, -0.2) is 29.8 Å². The third-order valence-electron chi connectivity index (χ3n) is 6.18. The molecule has 2 amide bonds. The average molecular weight is 410 g/mol. The first kappa shape index (κ1) is 20.5. The highest BCUT2D eigenvalue weighted by molar-refractivity contribution is 5.82. The molecule has 4 rings (SSSR count). The summed E-state index contributed by atoms with van der Waals surface area (Å²) in [5.74, 6) is -0.474. The monoisotopic (exact) mass is 409 g/mol. The molecular weight excluding hydrogens is 381 g/mol. The van der Waals surface area contributed by atoms with Gasteiger partial charge in [-0.05, 0) is 60.5 Å². The van der Waals surface area contributed by atoms with Crippen molar-refractivity contribution in [1.29, 1.82) is 0 Å². The van der Waals surface area contributed by atoms with Crippen LogP contribution in [0.15, 0.2) is 48.5 Å². The third kappa shape index (κ3) is 5.05. The molecule has 1 heterocycles. The number of carbonyl (C=O) groups is 2. The molecule has 158 valence electrons. The van der Waals surface area contributed by atoms with E-state index in [-0.39, 0.29) is 35.4 Å². The van der Waals surface area contributed by atoms with Gasteiger partial charge in [-0.1, -0.05) is 36.4 Å². The Labute approximate surface area is 176 Å². The van der Waals surface area contributed by atoms with E-state index in [1.807, 2.05) is 18.2 Å². The Morgan fingerprint density at radius 1 is 1.13 bits per heavy atom. The first-order valence-corrected chi connectivity index (χ1v) is 10.6. The molecule has 1 aliphatic carbocycles. The number of nitrogens with zero attached hydrogens (tertiary/aromatic N) is 1. The maximum absolute atomic E-state index is 13.4. The topological polar surface area (TPSA) is 75.4 Å². The molecule has 2 aromatic rings. The van der Waals surface area contributed by atoms with Gasteiger partial charge in [-0.2, -0.15) is 0 Å². The van der Waals surface area contributed by atoms with Gasteiger partial charge in [-0.25, -0.2) is 4.39 Å².